The monoisotopic (exact) mass is 273 g/mol. The molecule has 1 aromatic heterocycles. The first-order chi connectivity index (χ1) is 8.27. The number of aromatic nitrogens is 3. The van der Waals surface area contributed by atoms with Crippen LogP contribution in [0.1, 0.15) is 32.1 Å². The van der Waals surface area contributed by atoms with Crippen molar-refractivity contribution in [2.45, 2.75) is 49.1 Å². The zero-order valence-electron chi connectivity index (χ0n) is 10.2. The molecule has 1 aliphatic rings. The molecule has 96 valence electrons. The van der Waals surface area contributed by atoms with Gasteiger partial charge in [0.15, 0.2) is 0 Å². The van der Waals surface area contributed by atoms with Gasteiger partial charge in [-0.1, -0.05) is 19.3 Å². The molecule has 6 heteroatoms. The van der Waals surface area contributed by atoms with Gasteiger partial charge in [-0.2, -0.15) is 11.8 Å². The van der Waals surface area contributed by atoms with E-state index in [0.29, 0.717) is 5.16 Å². The van der Waals surface area contributed by atoms with Crippen molar-refractivity contribution in [3.05, 3.63) is 6.33 Å². The normalized spacial score (nSPS) is 19.4. The van der Waals surface area contributed by atoms with Crippen molar-refractivity contribution in [2.24, 2.45) is 0 Å². The van der Waals surface area contributed by atoms with Crippen LogP contribution in [-0.2, 0) is 17.3 Å². The topological polar surface area (TPSA) is 47.8 Å². The number of aryl methyl sites for hydroxylation is 1. The highest BCUT2D eigenvalue weighted by Crippen LogP contribution is 2.28. The molecule has 1 fully saturated rings. The van der Waals surface area contributed by atoms with Gasteiger partial charge in [-0.3, -0.25) is 4.21 Å². The van der Waals surface area contributed by atoms with Gasteiger partial charge in [0, 0.05) is 23.8 Å². The molecule has 1 aliphatic carbocycles. The maximum Gasteiger partial charge on any atom is 0.221 e. The van der Waals surface area contributed by atoms with Gasteiger partial charge in [0.05, 0.1) is 10.8 Å². The summed E-state index contributed by atoms with van der Waals surface area (Å²) < 4.78 is 13.3. The van der Waals surface area contributed by atoms with E-state index in [1.54, 1.807) is 12.6 Å². The van der Waals surface area contributed by atoms with E-state index in [9.17, 15) is 4.21 Å². The lowest BCUT2D eigenvalue weighted by Gasteiger charge is -2.20. The molecule has 1 atom stereocenters. The highest BCUT2D eigenvalue weighted by atomic mass is 32.2. The van der Waals surface area contributed by atoms with E-state index in [-0.39, 0.29) is 0 Å². The Morgan fingerprint density at radius 2 is 2.24 bits per heavy atom. The minimum Gasteiger partial charge on any atom is -0.306 e. The minimum atomic E-state index is -1.04. The van der Waals surface area contributed by atoms with E-state index in [1.807, 2.05) is 16.3 Å². The summed E-state index contributed by atoms with van der Waals surface area (Å²) in [4.78, 5) is 0. The molecular weight excluding hydrogens is 254 g/mol. The Kier molecular flexibility index (Phi) is 5.03. The lowest BCUT2D eigenvalue weighted by Crippen LogP contribution is -2.11. The van der Waals surface area contributed by atoms with Crippen LogP contribution in [0.15, 0.2) is 11.5 Å². The van der Waals surface area contributed by atoms with Gasteiger partial charge in [-0.15, -0.1) is 10.2 Å². The van der Waals surface area contributed by atoms with Gasteiger partial charge >= 0.3 is 0 Å². The second kappa shape index (κ2) is 6.54. The average molecular weight is 273 g/mol. The third kappa shape index (κ3) is 3.81. The van der Waals surface area contributed by atoms with E-state index in [0.717, 1.165) is 17.5 Å². The molecule has 0 saturated heterocycles. The van der Waals surface area contributed by atoms with Gasteiger partial charge in [0.1, 0.15) is 6.33 Å². The fraction of sp³-hybridized carbons (Fsp3) is 0.818. The summed E-state index contributed by atoms with van der Waals surface area (Å²) in [5.41, 5.74) is 0. The smallest absolute Gasteiger partial charge is 0.221 e. The number of rotatable bonds is 5. The van der Waals surface area contributed by atoms with E-state index in [2.05, 4.69) is 10.2 Å². The first-order valence-electron chi connectivity index (χ1n) is 6.10. The van der Waals surface area contributed by atoms with Crippen LogP contribution in [0.2, 0.25) is 0 Å². The number of hydrogen-bond donors (Lipinski definition) is 0. The molecule has 1 aromatic rings. The van der Waals surface area contributed by atoms with E-state index in [1.165, 1.54) is 32.1 Å². The molecule has 17 heavy (non-hydrogen) atoms. The number of nitrogens with zero attached hydrogens (tertiary/aromatic N) is 3. The summed E-state index contributed by atoms with van der Waals surface area (Å²) in [5, 5.41) is 9.13. The lowest BCUT2D eigenvalue weighted by molar-refractivity contribution is 0.515. The van der Waals surface area contributed by atoms with Crippen molar-refractivity contribution in [1.29, 1.82) is 0 Å². The largest absolute Gasteiger partial charge is 0.306 e. The Morgan fingerprint density at radius 1 is 1.47 bits per heavy atom. The SMILES string of the molecule is C[S@@](=O)c1nncn1CCSC1CCCCC1. The Hall–Kier alpha value is -0.360. The van der Waals surface area contributed by atoms with Gasteiger partial charge in [0.2, 0.25) is 5.16 Å². The predicted octanol–water partition coefficient (Wildman–Crippen LogP) is 2.08. The molecule has 0 spiro atoms. The van der Waals surface area contributed by atoms with E-state index >= 15 is 0 Å². The minimum absolute atomic E-state index is 0.592. The molecule has 0 amide bonds. The van der Waals surface area contributed by atoms with Gasteiger partial charge in [-0.05, 0) is 12.8 Å². The summed E-state index contributed by atoms with van der Waals surface area (Å²) in [7, 11) is -1.04. The van der Waals surface area contributed by atoms with Crippen LogP contribution in [0.3, 0.4) is 0 Å². The Bertz CT molecular complexity index is 375. The Balaban J connectivity index is 1.77. The molecule has 0 aromatic carbocycles. The predicted molar refractivity (Wildman–Crippen MR) is 71.7 cm³/mol. The van der Waals surface area contributed by atoms with Gasteiger partial charge in [0.25, 0.3) is 0 Å². The van der Waals surface area contributed by atoms with Crippen molar-refractivity contribution >= 4 is 22.6 Å². The molecule has 1 saturated carbocycles. The highest BCUT2D eigenvalue weighted by molar-refractivity contribution is 7.99. The van der Waals surface area contributed by atoms with Crippen molar-refractivity contribution in [3.63, 3.8) is 0 Å². The van der Waals surface area contributed by atoms with Crippen LogP contribution < -0.4 is 0 Å². The summed E-state index contributed by atoms with van der Waals surface area (Å²) in [6, 6.07) is 0. The van der Waals surface area contributed by atoms with Gasteiger partial charge in [-0.25, -0.2) is 0 Å². The zero-order chi connectivity index (χ0) is 12.1. The van der Waals surface area contributed by atoms with Crippen LogP contribution in [-0.4, -0.2) is 36.2 Å². The van der Waals surface area contributed by atoms with Crippen molar-refractivity contribution in [3.8, 4) is 0 Å². The lowest BCUT2D eigenvalue weighted by atomic mass is 10.0. The standard InChI is InChI=1S/C11H19N3OS2/c1-17(15)11-13-12-9-14(11)7-8-16-10-5-3-2-4-6-10/h9-10H,2-8H2,1H3/t17-/m1/s1. The Morgan fingerprint density at radius 3 is 2.94 bits per heavy atom. The van der Waals surface area contributed by atoms with E-state index < -0.39 is 10.8 Å². The molecular formula is C11H19N3OS2. The van der Waals surface area contributed by atoms with Crippen molar-refractivity contribution < 1.29 is 4.21 Å². The third-order valence-electron chi connectivity index (χ3n) is 3.08. The van der Waals surface area contributed by atoms with Crippen LogP contribution in [0.25, 0.3) is 0 Å². The first-order valence-corrected chi connectivity index (χ1v) is 8.71. The van der Waals surface area contributed by atoms with Gasteiger partial charge < -0.3 is 4.57 Å². The summed E-state index contributed by atoms with van der Waals surface area (Å²) in [6.45, 7) is 0.864. The second-order valence-electron chi connectivity index (χ2n) is 4.39. The summed E-state index contributed by atoms with van der Waals surface area (Å²) in [5.74, 6) is 1.06. The zero-order valence-corrected chi connectivity index (χ0v) is 11.8. The highest BCUT2D eigenvalue weighted by Gasteiger charge is 2.14. The molecule has 0 aliphatic heterocycles. The maximum atomic E-state index is 11.4. The van der Waals surface area contributed by atoms with Crippen LogP contribution >= 0.6 is 11.8 Å². The molecule has 4 nitrogen and oxygen atoms in total. The fourth-order valence-corrected chi connectivity index (χ4v) is 4.10. The van der Waals surface area contributed by atoms with Crippen LogP contribution in [0.4, 0.5) is 0 Å². The summed E-state index contributed by atoms with van der Waals surface area (Å²) in [6.07, 6.45) is 10.2. The van der Waals surface area contributed by atoms with Crippen molar-refractivity contribution in [2.75, 3.05) is 12.0 Å². The molecule has 2 rings (SSSR count). The third-order valence-corrected chi connectivity index (χ3v) is 5.27. The van der Waals surface area contributed by atoms with Crippen LogP contribution in [0.5, 0.6) is 0 Å². The molecule has 1 heterocycles. The van der Waals surface area contributed by atoms with Crippen molar-refractivity contribution in [1.82, 2.24) is 14.8 Å². The second-order valence-corrected chi connectivity index (χ2v) is 7.07. The first kappa shape index (κ1) is 13.1. The summed E-state index contributed by atoms with van der Waals surface area (Å²) >= 11 is 2.04. The van der Waals surface area contributed by atoms with Crippen LogP contribution in [0, 0.1) is 0 Å². The molecule has 0 unspecified atom stereocenters. The maximum absolute atomic E-state index is 11.4. The molecule has 0 radical (unpaired) electrons. The fourth-order valence-electron chi connectivity index (χ4n) is 2.17. The van der Waals surface area contributed by atoms with E-state index in [4.69, 9.17) is 0 Å². The Labute approximate surface area is 109 Å². The molecule has 0 bridgehead atoms. The average Bonchev–Trinajstić information content (AvgIpc) is 2.79. The number of thioether (sulfide) groups is 1. The number of hydrogen-bond acceptors (Lipinski definition) is 4. The molecule has 0 N–H and O–H groups in total. The quantitative estimate of drug-likeness (QED) is 0.824.